The lowest BCUT2D eigenvalue weighted by atomic mass is 10.1. The molecule has 0 unspecified atom stereocenters. The third-order valence-corrected chi connectivity index (χ3v) is 6.31. The van der Waals surface area contributed by atoms with Gasteiger partial charge in [-0.3, -0.25) is 9.69 Å². The van der Waals surface area contributed by atoms with Gasteiger partial charge < -0.3 is 19.9 Å². The molecule has 0 aromatic heterocycles. The van der Waals surface area contributed by atoms with Gasteiger partial charge in [-0.1, -0.05) is 18.2 Å². The van der Waals surface area contributed by atoms with Gasteiger partial charge in [-0.15, -0.1) is 0 Å². The molecule has 0 atom stereocenters. The molecule has 2 aromatic rings. The summed E-state index contributed by atoms with van der Waals surface area (Å²) in [6.45, 7) is 7.49. The van der Waals surface area contributed by atoms with Crippen LogP contribution >= 0.6 is 0 Å². The fourth-order valence-electron chi connectivity index (χ4n) is 4.34. The summed E-state index contributed by atoms with van der Waals surface area (Å²) in [5.74, 6) is -0.0227. The van der Waals surface area contributed by atoms with Crippen LogP contribution in [-0.2, 0) is 22.3 Å². The first kappa shape index (κ1) is 24.5. The Bertz CT molecular complexity index is 938. The van der Waals surface area contributed by atoms with Crippen molar-refractivity contribution >= 4 is 17.3 Å². The highest BCUT2D eigenvalue weighted by Gasteiger charge is 2.30. The van der Waals surface area contributed by atoms with Crippen LogP contribution in [0.2, 0.25) is 0 Å². The molecule has 0 bridgehead atoms. The van der Waals surface area contributed by atoms with Crippen molar-refractivity contribution < 1.29 is 22.7 Å². The van der Waals surface area contributed by atoms with Crippen LogP contribution in [-0.4, -0.2) is 74.7 Å². The number of piperazine rings is 1. The number of rotatable bonds is 7. The molecule has 0 saturated carbocycles. The number of carbonyl (C=O) groups excluding carboxylic acids is 1. The van der Waals surface area contributed by atoms with Crippen LogP contribution < -0.4 is 10.2 Å². The number of morpholine rings is 1. The zero-order chi connectivity index (χ0) is 24.0. The molecule has 2 fully saturated rings. The Kier molecular flexibility index (Phi) is 8.07. The first-order valence-corrected chi connectivity index (χ1v) is 11.7. The molecule has 2 aliphatic rings. The molecule has 2 aromatic carbocycles. The Balaban J connectivity index is 1.17. The fraction of sp³-hybridized carbons (Fsp3) is 0.480. The van der Waals surface area contributed by atoms with E-state index in [1.165, 1.54) is 12.1 Å². The molecule has 1 N–H and O–H groups in total. The summed E-state index contributed by atoms with van der Waals surface area (Å²) in [4.78, 5) is 19.0. The number of nitrogens with zero attached hydrogens (tertiary/aromatic N) is 3. The Hall–Kier alpha value is -2.62. The summed E-state index contributed by atoms with van der Waals surface area (Å²) in [5.41, 5.74) is 1.98. The van der Waals surface area contributed by atoms with E-state index >= 15 is 0 Å². The van der Waals surface area contributed by atoms with Crippen molar-refractivity contribution in [2.45, 2.75) is 19.1 Å². The van der Waals surface area contributed by atoms with E-state index < -0.39 is 11.7 Å². The van der Waals surface area contributed by atoms with Crippen molar-refractivity contribution in [3.05, 3.63) is 59.7 Å². The minimum Gasteiger partial charge on any atom is -0.378 e. The van der Waals surface area contributed by atoms with Crippen LogP contribution in [0.5, 0.6) is 0 Å². The summed E-state index contributed by atoms with van der Waals surface area (Å²) in [6, 6.07) is 13.4. The second-order valence-electron chi connectivity index (χ2n) is 8.76. The first-order valence-electron chi connectivity index (χ1n) is 11.7. The molecule has 2 saturated heterocycles. The smallest absolute Gasteiger partial charge is 0.378 e. The van der Waals surface area contributed by atoms with E-state index in [-0.39, 0.29) is 5.91 Å². The van der Waals surface area contributed by atoms with E-state index in [2.05, 4.69) is 20.0 Å². The van der Waals surface area contributed by atoms with Gasteiger partial charge in [0.2, 0.25) is 5.91 Å². The zero-order valence-corrected chi connectivity index (χ0v) is 19.2. The SMILES string of the molecule is O=C(CCN1CCN(Cc2cccc(C(F)(F)F)c2)CC1)Nc1ccc(N2CCOCC2)cc1. The van der Waals surface area contributed by atoms with Gasteiger partial charge in [-0.2, -0.15) is 13.2 Å². The van der Waals surface area contributed by atoms with Crippen LogP contribution in [0.1, 0.15) is 17.5 Å². The summed E-state index contributed by atoms with van der Waals surface area (Å²) in [7, 11) is 0. The van der Waals surface area contributed by atoms with Gasteiger partial charge in [0.1, 0.15) is 0 Å². The van der Waals surface area contributed by atoms with Gasteiger partial charge in [-0.05, 0) is 35.9 Å². The van der Waals surface area contributed by atoms with Crippen molar-refractivity contribution in [1.29, 1.82) is 0 Å². The lowest BCUT2D eigenvalue weighted by Crippen LogP contribution is -2.46. The fourth-order valence-corrected chi connectivity index (χ4v) is 4.34. The van der Waals surface area contributed by atoms with E-state index in [0.29, 0.717) is 25.1 Å². The van der Waals surface area contributed by atoms with E-state index in [1.54, 1.807) is 6.07 Å². The normalized spacial score (nSPS) is 18.1. The topological polar surface area (TPSA) is 48.1 Å². The zero-order valence-electron chi connectivity index (χ0n) is 19.2. The average Bonchev–Trinajstić information content (AvgIpc) is 2.84. The molecule has 6 nitrogen and oxygen atoms in total. The molecule has 184 valence electrons. The Morgan fingerprint density at radius 2 is 1.59 bits per heavy atom. The Morgan fingerprint density at radius 3 is 2.26 bits per heavy atom. The predicted octanol–water partition coefficient (Wildman–Crippen LogP) is 3.69. The van der Waals surface area contributed by atoms with Gasteiger partial charge in [-0.25, -0.2) is 0 Å². The van der Waals surface area contributed by atoms with E-state index in [1.807, 2.05) is 24.3 Å². The second-order valence-corrected chi connectivity index (χ2v) is 8.76. The van der Waals surface area contributed by atoms with Gasteiger partial charge in [0, 0.05) is 70.2 Å². The van der Waals surface area contributed by atoms with Crippen molar-refractivity contribution in [3.8, 4) is 0 Å². The highest BCUT2D eigenvalue weighted by atomic mass is 19.4. The molecule has 2 aliphatic heterocycles. The molecule has 2 heterocycles. The molecule has 0 spiro atoms. The van der Waals surface area contributed by atoms with Crippen LogP contribution in [0.15, 0.2) is 48.5 Å². The van der Waals surface area contributed by atoms with Gasteiger partial charge in [0.05, 0.1) is 18.8 Å². The standard InChI is InChI=1S/C25H31F3N4O2/c26-25(27,28)21-3-1-2-20(18-21)19-31-12-10-30(11-13-31)9-8-24(33)29-22-4-6-23(7-5-22)32-14-16-34-17-15-32/h1-7,18H,8-17,19H2,(H,29,33). The summed E-state index contributed by atoms with van der Waals surface area (Å²) in [6.07, 6.45) is -3.92. The Labute approximate surface area is 198 Å². The molecule has 34 heavy (non-hydrogen) atoms. The number of amides is 1. The largest absolute Gasteiger partial charge is 0.416 e. The average molecular weight is 477 g/mol. The number of hydrogen-bond acceptors (Lipinski definition) is 5. The molecule has 9 heteroatoms. The number of nitrogens with one attached hydrogen (secondary N) is 1. The summed E-state index contributed by atoms with van der Waals surface area (Å²) in [5, 5.41) is 2.96. The highest BCUT2D eigenvalue weighted by molar-refractivity contribution is 5.91. The number of ether oxygens (including phenoxy) is 1. The monoisotopic (exact) mass is 476 g/mol. The molecule has 4 rings (SSSR count). The maximum absolute atomic E-state index is 12.9. The minimum atomic E-state index is -4.32. The van der Waals surface area contributed by atoms with Gasteiger partial charge in [0.15, 0.2) is 0 Å². The number of carbonyl (C=O) groups is 1. The summed E-state index contributed by atoms with van der Waals surface area (Å²) >= 11 is 0. The molecular formula is C25H31F3N4O2. The van der Waals surface area contributed by atoms with Gasteiger partial charge >= 0.3 is 6.18 Å². The van der Waals surface area contributed by atoms with Crippen LogP contribution in [0.3, 0.4) is 0 Å². The van der Waals surface area contributed by atoms with E-state index in [0.717, 1.165) is 69.9 Å². The molecule has 0 radical (unpaired) electrons. The third-order valence-electron chi connectivity index (χ3n) is 6.31. The quantitative estimate of drug-likeness (QED) is 0.661. The van der Waals surface area contributed by atoms with Crippen molar-refractivity contribution in [2.24, 2.45) is 0 Å². The number of halogens is 3. The van der Waals surface area contributed by atoms with Crippen molar-refractivity contribution in [2.75, 3.05) is 69.2 Å². The molecular weight excluding hydrogens is 445 g/mol. The van der Waals surface area contributed by atoms with E-state index in [9.17, 15) is 18.0 Å². The number of alkyl halides is 3. The number of hydrogen-bond donors (Lipinski definition) is 1. The summed E-state index contributed by atoms with van der Waals surface area (Å²) < 4.78 is 44.1. The first-order chi connectivity index (χ1) is 16.4. The van der Waals surface area contributed by atoms with Crippen molar-refractivity contribution in [3.63, 3.8) is 0 Å². The van der Waals surface area contributed by atoms with Crippen LogP contribution in [0, 0.1) is 0 Å². The van der Waals surface area contributed by atoms with Gasteiger partial charge in [0.25, 0.3) is 0 Å². The third kappa shape index (κ3) is 6.94. The maximum atomic E-state index is 12.9. The lowest BCUT2D eigenvalue weighted by Gasteiger charge is -2.34. The number of benzene rings is 2. The van der Waals surface area contributed by atoms with Crippen LogP contribution in [0.4, 0.5) is 24.5 Å². The highest BCUT2D eigenvalue weighted by Crippen LogP contribution is 2.29. The number of anilines is 2. The maximum Gasteiger partial charge on any atom is 0.416 e. The van der Waals surface area contributed by atoms with E-state index in [4.69, 9.17) is 4.74 Å². The molecule has 0 aliphatic carbocycles. The minimum absolute atomic E-state index is 0.0227. The van der Waals surface area contributed by atoms with Crippen molar-refractivity contribution in [1.82, 2.24) is 9.80 Å². The lowest BCUT2D eigenvalue weighted by molar-refractivity contribution is -0.137. The Morgan fingerprint density at radius 1 is 0.912 bits per heavy atom. The van der Waals surface area contributed by atoms with Crippen LogP contribution in [0.25, 0.3) is 0 Å². The predicted molar refractivity (Wildman–Crippen MR) is 126 cm³/mol. The second kappa shape index (κ2) is 11.2. The molecule has 1 amide bonds.